The maximum Gasteiger partial charge on any atom is 0.264 e. The van der Waals surface area contributed by atoms with Crippen LogP contribution >= 0.6 is 0 Å². The minimum atomic E-state index is -1.19. The summed E-state index contributed by atoms with van der Waals surface area (Å²) in [4.78, 5) is 23.1. The lowest BCUT2D eigenvalue weighted by Gasteiger charge is -2.33. The Morgan fingerprint density at radius 1 is 1.19 bits per heavy atom. The third-order valence-electron chi connectivity index (χ3n) is 6.75. The Bertz CT molecular complexity index is 1760. The van der Waals surface area contributed by atoms with E-state index in [0.29, 0.717) is 30.4 Å². The summed E-state index contributed by atoms with van der Waals surface area (Å²) in [6.45, 7) is 4.04. The zero-order chi connectivity index (χ0) is 30.2. The van der Waals surface area contributed by atoms with Gasteiger partial charge in [-0.3, -0.25) is 4.79 Å². The summed E-state index contributed by atoms with van der Waals surface area (Å²) in [6, 6.07) is 8.83. The average Bonchev–Trinajstić information content (AvgIpc) is 3.34. The van der Waals surface area contributed by atoms with Crippen LogP contribution in [0.1, 0.15) is 32.7 Å². The molecule has 1 atom stereocenters. The van der Waals surface area contributed by atoms with Crippen LogP contribution in [0.25, 0.3) is 22.3 Å². The van der Waals surface area contributed by atoms with E-state index < -0.39 is 34.6 Å². The van der Waals surface area contributed by atoms with Crippen molar-refractivity contribution in [3.8, 4) is 28.8 Å². The van der Waals surface area contributed by atoms with Gasteiger partial charge < -0.3 is 21.1 Å². The van der Waals surface area contributed by atoms with Crippen molar-refractivity contribution in [1.82, 2.24) is 24.6 Å². The Morgan fingerprint density at radius 3 is 2.69 bits per heavy atom. The number of nitrogens with two attached hydrogens (primary N) is 2. The topological polar surface area (TPSA) is 149 Å². The second kappa shape index (κ2) is 11.1. The number of anilines is 1. The lowest BCUT2D eigenvalue weighted by atomic mass is 10.0. The lowest BCUT2D eigenvalue weighted by molar-refractivity contribution is -0.128. The van der Waals surface area contributed by atoms with Crippen LogP contribution in [0.2, 0.25) is 0 Å². The molecule has 4 N–H and O–H groups in total. The van der Waals surface area contributed by atoms with Crippen LogP contribution in [0.5, 0.6) is 11.5 Å². The molecule has 42 heavy (non-hydrogen) atoms. The average molecular weight is 577 g/mol. The number of aromatic nitrogens is 4. The van der Waals surface area contributed by atoms with Gasteiger partial charge in [0, 0.05) is 30.3 Å². The molecule has 1 amide bonds. The van der Waals surface area contributed by atoms with Crippen LogP contribution < -0.4 is 16.2 Å². The molecule has 1 fully saturated rings. The van der Waals surface area contributed by atoms with E-state index in [2.05, 4.69) is 15.1 Å². The molecule has 0 unspecified atom stereocenters. The first-order chi connectivity index (χ1) is 20.0. The van der Waals surface area contributed by atoms with Crippen LogP contribution in [0, 0.1) is 28.8 Å². The highest BCUT2D eigenvalue weighted by Gasteiger charge is 2.31. The number of carbonyl (C=O) groups excluding carboxylic acids is 1. The number of benzene rings is 2. The Kier molecular flexibility index (Phi) is 7.57. The molecule has 2 aromatic heterocycles. The van der Waals surface area contributed by atoms with Gasteiger partial charge in [-0.1, -0.05) is 6.07 Å². The molecule has 3 heterocycles. The van der Waals surface area contributed by atoms with Gasteiger partial charge in [-0.2, -0.15) is 14.8 Å². The number of amides is 1. The van der Waals surface area contributed by atoms with Gasteiger partial charge in [0.1, 0.15) is 41.0 Å². The second-order valence-electron chi connectivity index (χ2n) is 10.6. The number of rotatable bonds is 6. The quantitative estimate of drug-likeness (QED) is 0.249. The first-order valence-electron chi connectivity index (χ1n) is 13.1. The van der Waals surface area contributed by atoms with Gasteiger partial charge in [0.2, 0.25) is 5.82 Å². The number of nitriles is 1. The summed E-state index contributed by atoms with van der Waals surface area (Å²) in [5.74, 6) is -3.86. The molecule has 1 aliphatic rings. The Balaban J connectivity index is 1.49. The number of nitrogen functional groups attached to an aromatic ring is 1. The van der Waals surface area contributed by atoms with Crippen LogP contribution in [0.4, 0.5) is 19.0 Å². The molecule has 2 aromatic carbocycles. The van der Waals surface area contributed by atoms with Crippen molar-refractivity contribution in [2.24, 2.45) is 5.73 Å². The summed E-state index contributed by atoms with van der Waals surface area (Å²) >= 11 is 0. The van der Waals surface area contributed by atoms with Gasteiger partial charge in [-0.25, -0.2) is 23.4 Å². The van der Waals surface area contributed by atoms with Gasteiger partial charge in [0.05, 0.1) is 11.4 Å². The summed E-state index contributed by atoms with van der Waals surface area (Å²) < 4.78 is 50.1. The van der Waals surface area contributed by atoms with Crippen molar-refractivity contribution in [3.63, 3.8) is 0 Å². The molecule has 10 nitrogen and oxygen atoms in total. The molecule has 4 aromatic rings. The molecule has 0 radical (unpaired) electrons. The molecule has 0 spiro atoms. The standard InChI is InChI=1S/C29H27F3N8O2/c1-29(2,35)12-16(13-33)28(41)39-10-4-5-17(14-39)40-27-23(26(34)36-15-37-27)25(38-40)19-9-8-18(11-21(19)31)42-22-7-3-6-20(30)24(22)32/h3,6-9,11-12,15,17H,4-5,10,14,35H2,1-2H3,(H2,34,36,37)/t17-/m0/s1. The zero-order valence-electron chi connectivity index (χ0n) is 22.8. The number of piperidine rings is 1. The zero-order valence-corrected chi connectivity index (χ0v) is 22.8. The SMILES string of the molecule is CC(C)(N)C=C(C#N)C(=O)N1CCC[C@H](n2nc(-c3ccc(Oc4cccc(F)c4F)cc3F)c3c(N)ncnc32)C1. The van der Waals surface area contributed by atoms with Gasteiger partial charge in [0.15, 0.2) is 17.2 Å². The highest BCUT2D eigenvalue weighted by Crippen LogP contribution is 2.37. The summed E-state index contributed by atoms with van der Waals surface area (Å²) in [5, 5.41) is 14.6. The minimum absolute atomic E-state index is 0.0518. The van der Waals surface area contributed by atoms with Crippen molar-refractivity contribution < 1.29 is 22.7 Å². The fourth-order valence-electron chi connectivity index (χ4n) is 4.90. The Labute approximate surface area is 239 Å². The van der Waals surface area contributed by atoms with E-state index in [1.54, 1.807) is 23.4 Å². The monoisotopic (exact) mass is 576 g/mol. The van der Waals surface area contributed by atoms with Gasteiger partial charge in [-0.15, -0.1) is 0 Å². The second-order valence-corrected chi connectivity index (χ2v) is 10.6. The maximum absolute atomic E-state index is 15.5. The van der Waals surface area contributed by atoms with Crippen LogP contribution in [0.3, 0.4) is 0 Å². The van der Waals surface area contributed by atoms with Crippen molar-refractivity contribution in [3.05, 3.63) is 71.8 Å². The maximum atomic E-state index is 15.5. The number of likely N-dealkylation sites (tertiary alicyclic amines) is 1. The number of hydrogen-bond acceptors (Lipinski definition) is 8. The van der Waals surface area contributed by atoms with E-state index in [9.17, 15) is 18.8 Å². The van der Waals surface area contributed by atoms with Gasteiger partial charge in [-0.05, 0) is 57.0 Å². The fraction of sp³-hybridized carbons (Fsp3) is 0.276. The molecule has 5 rings (SSSR count). The van der Waals surface area contributed by atoms with E-state index in [1.807, 2.05) is 6.07 Å². The van der Waals surface area contributed by atoms with Crippen LogP contribution in [-0.4, -0.2) is 49.2 Å². The van der Waals surface area contributed by atoms with E-state index >= 15 is 4.39 Å². The van der Waals surface area contributed by atoms with Crippen LogP contribution in [-0.2, 0) is 4.79 Å². The third kappa shape index (κ3) is 5.61. The molecule has 0 bridgehead atoms. The molecule has 0 aliphatic carbocycles. The Morgan fingerprint density at radius 2 is 1.98 bits per heavy atom. The first-order valence-corrected chi connectivity index (χ1v) is 13.1. The smallest absolute Gasteiger partial charge is 0.264 e. The van der Waals surface area contributed by atoms with E-state index in [4.69, 9.17) is 16.2 Å². The first kappa shape index (κ1) is 28.6. The van der Waals surface area contributed by atoms with Gasteiger partial charge >= 0.3 is 0 Å². The van der Waals surface area contributed by atoms with Crippen LogP contribution in [0.15, 0.2) is 54.4 Å². The van der Waals surface area contributed by atoms with Gasteiger partial charge in [0.25, 0.3) is 5.91 Å². The van der Waals surface area contributed by atoms with E-state index in [-0.39, 0.29) is 41.0 Å². The fourth-order valence-corrected chi connectivity index (χ4v) is 4.90. The number of hydrogen-bond donors (Lipinski definition) is 2. The Hall–Kier alpha value is -4.96. The number of carbonyl (C=O) groups is 1. The van der Waals surface area contributed by atoms with Crippen molar-refractivity contribution in [1.29, 1.82) is 5.26 Å². The van der Waals surface area contributed by atoms with E-state index in [0.717, 1.165) is 12.1 Å². The predicted octanol–water partition coefficient (Wildman–Crippen LogP) is 4.64. The lowest BCUT2D eigenvalue weighted by Crippen LogP contribution is -2.42. The highest BCUT2D eigenvalue weighted by molar-refractivity contribution is 5.99. The molecule has 0 saturated carbocycles. The molecule has 13 heteroatoms. The largest absolute Gasteiger partial charge is 0.454 e. The normalized spacial score (nSPS) is 16.0. The van der Waals surface area contributed by atoms with Crippen molar-refractivity contribution >= 4 is 22.8 Å². The third-order valence-corrected chi connectivity index (χ3v) is 6.75. The summed E-state index contributed by atoms with van der Waals surface area (Å²) in [6.07, 6.45) is 3.96. The number of fused-ring (bicyclic) bond motifs is 1. The van der Waals surface area contributed by atoms with E-state index in [1.165, 1.54) is 36.7 Å². The van der Waals surface area contributed by atoms with Crippen molar-refractivity contribution in [2.75, 3.05) is 18.8 Å². The molecular weight excluding hydrogens is 549 g/mol. The number of nitrogens with zero attached hydrogens (tertiary/aromatic N) is 6. The summed E-state index contributed by atoms with van der Waals surface area (Å²) in [7, 11) is 0. The number of halogens is 3. The summed E-state index contributed by atoms with van der Waals surface area (Å²) in [5.41, 5.74) is 11.8. The highest BCUT2D eigenvalue weighted by atomic mass is 19.2. The molecular formula is C29H27F3N8O2. The van der Waals surface area contributed by atoms with Crippen molar-refractivity contribution in [2.45, 2.75) is 38.3 Å². The molecule has 1 saturated heterocycles. The molecule has 216 valence electrons. The minimum Gasteiger partial charge on any atom is -0.454 e. The number of ether oxygens (including phenoxy) is 1. The predicted molar refractivity (Wildman–Crippen MR) is 148 cm³/mol. The molecule has 1 aliphatic heterocycles.